The van der Waals surface area contributed by atoms with Crippen LogP contribution < -0.4 is 10.5 Å². The van der Waals surface area contributed by atoms with Crippen molar-refractivity contribution in [2.45, 2.75) is 13.0 Å². The van der Waals surface area contributed by atoms with Gasteiger partial charge in [-0.25, -0.2) is 0 Å². The van der Waals surface area contributed by atoms with Crippen molar-refractivity contribution in [1.82, 2.24) is 0 Å². The molecule has 1 aromatic rings. The standard InChI is InChI=1S/C11H17NOS/c1-9(12)10-4-3-5-11(8-10)13-6-7-14-2/h3-5,8-9H,6-7,12H2,1-2H3/t9-/m1/s1. The van der Waals surface area contributed by atoms with Crippen LogP contribution in [-0.4, -0.2) is 18.6 Å². The lowest BCUT2D eigenvalue weighted by atomic mass is 10.1. The van der Waals surface area contributed by atoms with Gasteiger partial charge in [0.05, 0.1) is 6.61 Å². The Hall–Kier alpha value is -0.670. The highest BCUT2D eigenvalue weighted by Crippen LogP contribution is 2.17. The molecule has 1 atom stereocenters. The average Bonchev–Trinajstić information content (AvgIpc) is 2.19. The van der Waals surface area contributed by atoms with Gasteiger partial charge in [-0.1, -0.05) is 12.1 Å². The van der Waals surface area contributed by atoms with Gasteiger partial charge in [0.25, 0.3) is 0 Å². The number of nitrogens with two attached hydrogens (primary N) is 1. The van der Waals surface area contributed by atoms with Gasteiger partial charge in [0, 0.05) is 11.8 Å². The molecule has 0 saturated heterocycles. The van der Waals surface area contributed by atoms with Crippen LogP contribution in [0.2, 0.25) is 0 Å². The van der Waals surface area contributed by atoms with E-state index in [1.54, 1.807) is 11.8 Å². The maximum Gasteiger partial charge on any atom is 0.119 e. The fourth-order valence-electron chi connectivity index (χ4n) is 1.13. The summed E-state index contributed by atoms with van der Waals surface area (Å²) in [5.74, 6) is 1.93. The lowest BCUT2D eigenvalue weighted by Crippen LogP contribution is -2.05. The SMILES string of the molecule is CSCCOc1cccc([C@@H](C)N)c1. The second kappa shape index (κ2) is 5.94. The summed E-state index contributed by atoms with van der Waals surface area (Å²) in [6, 6.07) is 8.04. The van der Waals surface area contributed by atoms with Gasteiger partial charge < -0.3 is 10.5 Å². The first-order valence-corrected chi connectivity index (χ1v) is 6.10. The van der Waals surface area contributed by atoms with E-state index in [1.807, 2.05) is 31.2 Å². The zero-order valence-corrected chi connectivity index (χ0v) is 9.51. The van der Waals surface area contributed by atoms with Crippen LogP contribution in [0, 0.1) is 0 Å². The smallest absolute Gasteiger partial charge is 0.119 e. The van der Waals surface area contributed by atoms with E-state index in [0.717, 1.165) is 23.7 Å². The fourth-order valence-corrected chi connectivity index (χ4v) is 1.38. The van der Waals surface area contributed by atoms with Crippen LogP contribution in [-0.2, 0) is 0 Å². The Morgan fingerprint density at radius 1 is 1.50 bits per heavy atom. The fraction of sp³-hybridized carbons (Fsp3) is 0.455. The molecule has 0 saturated carbocycles. The maximum absolute atomic E-state index is 5.78. The summed E-state index contributed by atoms with van der Waals surface area (Å²) in [7, 11) is 0. The van der Waals surface area contributed by atoms with E-state index in [-0.39, 0.29) is 6.04 Å². The van der Waals surface area contributed by atoms with Crippen molar-refractivity contribution in [3.63, 3.8) is 0 Å². The molecule has 78 valence electrons. The predicted octanol–water partition coefficient (Wildman–Crippen LogP) is 2.45. The lowest BCUT2D eigenvalue weighted by molar-refractivity contribution is 0.343. The molecule has 1 aromatic carbocycles. The van der Waals surface area contributed by atoms with Crippen molar-refractivity contribution in [1.29, 1.82) is 0 Å². The molecule has 0 bridgehead atoms. The first-order valence-electron chi connectivity index (χ1n) is 4.71. The molecule has 0 aliphatic heterocycles. The van der Waals surface area contributed by atoms with E-state index in [2.05, 4.69) is 6.26 Å². The van der Waals surface area contributed by atoms with E-state index in [1.165, 1.54) is 0 Å². The summed E-state index contributed by atoms with van der Waals surface area (Å²) in [4.78, 5) is 0. The van der Waals surface area contributed by atoms with Crippen LogP contribution in [0.25, 0.3) is 0 Å². The van der Waals surface area contributed by atoms with Crippen molar-refractivity contribution >= 4 is 11.8 Å². The minimum absolute atomic E-state index is 0.0686. The average molecular weight is 211 g/mol. The summed E-state index contributed by atoms with van der Waals surface area (Å²) < 4.78 is 5.56. The Morgan fingerprint density at radius 3 is 2.93 bits per heavy atom. The Kier molecular flexibility index (Phi) is 4.84. The molecular weight excluding hydrogens is 194 g/mol. The van der Waals surface area contributed by atoms with Crippen molar-refractivity contribution in [2.75, 3.05) is 18.6 Å². The van der Waals surface area contributed by atoms with Crippen LogP contribution in [0.1, 0.15) is 18.5 Å². The molecule has 0 aliphatic carbocycles. The van der Waals surface area contributed by atoms with Gasteiger partial charge in [0.15, 0.2) is 0 Å². The molecule has 0 spiro atoms. The molecule has 0 radical (unpaired) electrons. The van der Waals surface area contributed by atoms with Crippen LogP contribution >= 0.6 is 11.8 Å². The number of benzene rings is 1. The zero-order chi connectivity index (χ0) is 10.4. The van der Waals surface area contributed by atoms with Gasteiger partial charge >= 0.3 is 0 Å². The van der Waals surface area contributed by atoms with Crippen LogP contribution in [0.5, 0.6) is 5.75 Å². The molecular formula is C11H17NOS. The molecule has 2 nitrogen and oxygen atoms in total. The molecule has 0 aliphatic rings. The molecule has 2 N–H and O–H groups in total. The summed E-state index contributed by atoms with van der Waals surface area (Å²) in [5, 5.41) is 0. The van der Waals surface area contributed by atoms with Crippen LogP contribution in [0.4, 0.5) is 0 Å². The van der Waals surface area contributed by atoms with Crippen molar-refractivity contribution in [2.24, 2.45) is 5.73 Å². The molecule has 0 unspecified atom stereocenters. The number of rotatable bonds is 5. The third-order valence-electron chi connectivity index (χ3n) is 1.94. The number of thioether (sulfide) groups is 1. The van der Waals surface area contributed by atoms with Gasteiger partial charge in [-0.05, 0) is 30.9 Å². The minimum Gasteiger partial charge on any atom is -0.493 e. The van der Waals surface area contributed by atoms with Gasteiger partial charge in [0.1, 0.15) is 5.75 Å². The largest absolute Gasteiger partial charge is 0.493 e. The van der Waals surface area contributed by atoms with Gasteiger partial charge in [0.2, 0.25) is 0 Å². The second-order valence-corrected chi connectivity index (χ2v) is 4.19. The summed E-state index contributed by atoms with van der Waals surface area (Å²) in [6.45, 7) is 2.73. The molecule has 0 aromatic heterocycles. The van der Waals surface area contributed by atoms with E-state index < -0.39 is 0 Å². The molecule has 0 fully saturated rings. The second-order valence-electron chi connectivity index (χ2n) is 3.20. The van der Waals surface area contributed by atoms with Gasteiger partial charge in [-0.15, -0.1) is 0 Å². The topological polar surface area (TPSA) is 35.2 Å². The van der Waals surface area contributed by atoms with Crippen LogP contribution in [0.15, 0.2) is 24.3 Å². The predicted molar refractivity (Wildman–Crippen MR) is 62.9 cm³/mol. The maximum atomic E-state index is 5.78. The third kappa shape index (κ3) is 3.60. The molecule has 1 rings (SSSR count). The Bertz CT molecular complexity index is 276. The Labute approximate surface area is 89.8 Å². The Morgan fingerprint density at radius 2 is 2.29 bits per heavy atom. The van der Waals surface area contributed by atoms with Gasteiger partial charge in [-0.2, -0.15) is 11.8 Å². The van der Waals surface area contributed by atoms with Crippen LogP contribution in [0.3, 0.4) is 0 Å². The molecule has 0 heterocycles. The molecule has 0 amide bonds. The van der Waals surface area contributed by atoms with E-state index >= 15 is 0 Å². The van der Waals surface area contributed by atoms with E-state index in [0.29, 0.717) is 0 Å². The monoisotopic (exact) mass is 211 g/mol. The number of hydrogen-bond acceptors (Lipinski definition) is 3. The summed E-state index contributed by atoms with van der Waals surface area (Å²) in [6.07, 6.45) is 2.07. The van der Waals surface area contributed by atoms with Gasteiger partial charge in [-0.3, -0.25) is 0 Å². The third-order valence-corrected chi connectivity index (χ3v) is 2.51. The van der Waals surface area contributed by atoms with Crippen molar-refractivity contribution in [3.05, 3.63) is 29.8 Å². The number of hydrogen-bond donors (Lipinski definition) is 1. The first-order chi connectivity index (χ1) is 6.74. The van der Waals surface area contributed by atoms with Crippen molar-refractivity contribution < 1.29 is 4.74 Å². The Balaban J connectivity index is 2.55. The highest BCUT2D eigenvalue weighted by atomic mass is 32.2. The minimum atomic E-state index is 0.0686. The zero-order valence-electron chi connectivity index (χ0n) is 8.69. The number of ether oxygens (including phenoxy) is 1. The van der Waals surface area contributed by atoms with E-state index in [4.69, 9.17) is 10.5 Å². The molecule has 3 heteroatoms. The molecule has 14 heavy (non-hydrogen) atoms. The normalized spacial score (nSPS) is 12.5. The quantitative estimate of drug-likeness (QED) is 0.760. The summed E-state index contributed by atoms with van der Waals surface area (Å²) >= 11 is 1.78. The highest BCUT2D eigenvalue weighted by molar-refractivity contribution is 7.98. The first kappa shape index (κ1) is 11.4. The highest BCUT2D eigenvalue weighted by Gasteiger charge is 2.00. The lowest BCUT2D eigenvalue weighted by Gasteiger charge is -2.09. The summed E-state index contributed by atoms with van der Waals surface area (Å²) in [5.41, 5.74) is 6.90. The van der Waals surface area contributed by atoms with E-state index in [9.17, 15) is 0 Å². The van der Waals surface area contributed by atoms with Crippen molar-refractivity contribution in [3.8, 4) is 5.75 Å².